The predicted molar refractivity (Wildman–Crippen MR) is 105 cm³/mol. The first kappa shape index (κ1) is 19.2. The zero-order valence-corrected chi connectivity index (χ0v) is 16.3. The van der Waals surface area contributed by atoms with E-state index in [0.29, 0.717) is 25.5 Å². The van der Waals surface area contributed by atoms with E-state index in [1.54, 1.807) is 17.4 Å². The Morgan fingerprint density at radius 2 is 2.27 bits per heavy atom. The lowest BCUT2D eigenvalue weighted by Gasteiger charge is -2.28. The van der Waals surface area contributed by atoms with Crippen LogP contribution in [0.5, 0.6) is 0 Å². The molecule has 0 spiro atoms. The lowest BCUT2D eigenvalue weighted by Crippen LogP contribution is -2.39. The second kappa shape index (κ2) is 8.43. The van der Waals surface area contributed by atoms with Crippen molar-refractivity contribution >= 4 is 21.6 Å². The van der Waals surface area contributed by atoms with Gasteiger partial charge >= 0.3 is 0 Å². The van der Waals surface area contributed by atoms with E-state index in [0.717, 1.165) is 29.5 Å². The van der Waals surface area contributed by atoms with Crippen LogP contribution in [0.25, 0.3) is 10.2 Å². The summed E-state index contributed by atoms with van der Waals surface area (Å²) >= 11 is 1.65. The number of aryl methyl sites for hydroxylation is 2. The topological polar surface area (TPSA) is 78.5 Å². The van der Waals surface area contributed by atoms with Crippen LogP contribution in [0.4, 0.5) is 0 Å². The molecule has 142 valence electrons. The zero-order valence-electron chi connectivity index (χ0n) is 15.5. The molecule has 0 aromatic carbocycles. The first-order valence-electron chi connectivity index (χ1n) is 9.13. The van der Waals surface area contributed by atoms with E-state index in [2.05, 4.69) is 30.3 Å². The minimum atomic E-state index is -0.599. The zero-order chi connectivity index (χ0) is 18.7. The van der Waals surface area contributed by atoms with Crippen LogP contribution < -0.4 is 5.56 Å². The predicted octanol–water partition coefficient (Wildman–Crippen LogP) is 2.25. The fraction of sp³-hybridized carbons (Fsp3) is 0.579. The molecule has 2 heterocycles. The van der Waals surface area contributed by atoms with Crippen molar-refractivity contribution in [3.05, 3.63) is 39.3 Å². The smallest absolute Gasteiger partial charge is 0.259 e. The third kappa shape index (κ3) is 4.23. The fourth-order valence-corrected chi connectivity index (χ4v) is 4.66. The number of nitrogens with one attached hydrogen (secondary N) is 1. The van der Waals surface area contributed by atoms with E-state index < -0.39 is 6.10 Å². The molecule has 0 saturated heterocycles. The lowest BCUT2D eigenvalue weighted by molar-refractivity contribution is 0.0172. The largest absolute Gasteiger partial charge is 0.389 e. The number of nitrogens with zero attached hydrogens (tertiary/aromatic N) is 2. The van der Waals surface area contributed by atoms with Gasteiger partial charge in [-0.3, -0.25) is 9.69 Å². The second-order valence-corrected chi connectivity index (χ2v) is 8.14. The molecule has 0 aliphatic heterocycles. The molecule has 0 fully saturated rings. The van der Waals surface area contributed by atoms with Gasteiger partial charge in [0.15, 0.2) is 0 Å². The molecule has 0 radical (unpaired) electrons. The van der Waals surface area contributed by atoms with Crippen LogP contribution in [0.1, 0.15) is 36.5 Å². The van der Waals surface area contributed by atoms with Crippen LogP contribution in [0.3, 0.4) is 0 Å². The maximum Gasteiger partial charge on any atom is 0.259 e. The quantitative estimate of drug-likeness (QED) is 0.518. The van der Waals surface area contributed by atoms with Gasteiger partial charge in [0, 0.05) is 17.5 Å². The van der Waals surface area contributed by atoms with Gasteiger partial charge in [0.05, 0.1) is 31.2 Å². The minimum Gasteiger partial charge on any atom is -0.389 e. The normalized spacial score (nSPS) is 15.1. The van der Waals surface area contributed by atoms with Crippen molar-refractivity contribution in [2.24, 2.45) is 0 Å². The number of fused-ring (bicyclic) bond motifs is 3. The Bertz CT molecular complexity index is 827. The van der Waals surface area contributed by atoms with Crippen molar-refractivity contribution < 1.29 is 9.84 Å². The summed E-state index contributed by atoms with van der Waals surface area (Å²) in [5.41, 5.74) is 1.16. The Hall–Kier alpha value is -1.54. The van der Waals surface area contributed by atoms with Crippen LogP contribution in [0.2, 0.25) is 0 Å². The van der Waals surface area contributed by atoms with Crippen molar-refractivity contribution in [2.75, 3.05) is 19.8 Å². The number of H-pyrrole nitrogens is 1. The Balaban J connectivity index is 1.75. The Morgan fingerprint density at radius 1 is 1.46 bits per heavy atom. The number of rotatable bonds is 9. The number of aliphatic hydroxyl groups is 1. The van der Waals surface area contributed by atoms with E-state index in [9.17, 15) is 9.90 Å². The highest BCUT2D eigenvalue weighted by Gasteiger charge is 2.22. The van der Waals surface area contributed by atoms with Gasteiger partial charge in [-0.05, 0) is 38.7 Å². The Labute approximate surface area is 157 Å². The number of ether oxygens (including phenoxy) is 1. The molecule has 0 amide bonds. The van der Waals surface area contributed by atoms with Gasteiger partial charge < -0.3 is 14.8 Å². The first-order valence-corrected chi connectivity index (χ1v) is 9.95. The molecule has 2 N–H and O–H groups in total. The molecule has 0 unspecified atom stereocenters. The molecule has 1 atom stereocenters. The monoisotopic (exact) mass is 377 g/mol. The number of thiophene rings is 1. The SMILES string of the molecule is C=CCOC[C@H](O)CN(Cc1nc2sc3c(c2c(=O)[nH]1)CCC3)C(C)C. The summed E-state index contributed by atoms with van der Waals surface area (Å²) in [5.74, 6) is 0.648. The molecule has 0 bridgehead atoms. The van der Waals surface area contributed by atoms with Gasteiger partial charge in [-0.1, -0.05) is 6.08 Å². The number of aliphatic hydroxyl groups excluding tert-OH is 1. The average Bonchev–Trinajstić information content (AvgIpc) is 3.14. The molecule has 7 heteroatoms. The minimum absolute atomic E-state index is 0.0389. The number of hydrogen-bond donors (Lipinski definition) is 2. The van der Waals surface area contributed by atoms with E-state index in [4.69, 9.17) is 9.72 Å². The van der Waals surface area contributed by atoms with Gasteiger partial charge in [-0.15, -0.1) is 17.9 Å². The molecule has 1 aliphatic carbocycles. The van der Waals surface area contributed by atoms with Crippen molar-refractivity contribution in [1.29, 1.82) is 0 Å². The highest BCUT2D eigenvalue weighted by Crippen LogP contribution is 2.34. The van der Waals surface area contributed by atoms with Crippen LogP contribution in [0, 0.1) is 0 Å². The molecule has 2 aromatic rings. The molecule has 3 rings (SSSR count). The summed E-state index contributed by atoms with van der Waals surface area (Å²) in [4.78, 5) is 24.5. The average molecular weight is 378 g/mol. The summed E-state index contributed by atoms with van der Waals surface area (Å²) < 4.78 is 5.32. The van der Waals surface area contributed by atoms with Crippen LogP contribution in [0.15, 0.2) is 17.4 Å². The Kier molecular flexibility index (Phi) is 6.24. The van der Waals surface area contributed by atoms with Gasteiger partial charge in [0.25, 0.3) is 5.56 Å². The first-order chi connectivity index (χ1) is 12.5. The third-order valence-electron chi connectivity index (χ3n) is 4.70. The van der Waals surface area contributed by atoms with E-state index in [-0.39, 0.29) is 18.2 Å². The summed E-state index contributed by atoms with van der Waals surface area (Å²) in [7, 11) is 0. The number of hydrogen-bond acceptors (Lipinski definition) is 6. The van der Waals surface area contributed by atoms with Crippen molar-refractivity contribution in [1.82, 2.24) is 14.9 Å². The fourth-order valence-electron chi connectivity index (χ4n) is 3.38. The summed E-state index contributed by atoms with van der Waals surface area (Å²) in [6.45, 7) is 9.35. The highest BCUT2D eigenvalue weighted by atomic mass is 32.1. The summed E-state index contributed by atoms with van der Waals surface area (Å²) in [5, 5.41) is 11.0. The van der Waals surface area contributed by atoms with E-state index in [1.807, 2.05) is 0 Å². The maximum absolute atomic E-state index is 12.6. The van der Waals surface area contributed by atoms with Crippen molar-refractivity contribution in [3.8, 4) is 0 Å². The van der Waals surface area contributed by atoms with Crippen molar-refractivity contribution in [3.63, 3.8) is 0 Å². The molecular formula is C19H27N3O3S. The van der Waals surface area contributed by atoms with Gasteiger partial charge in [0.1, 0.15) is 10.7 Å². The van der Waals surface area contributed by atoms with Gasteiger partial charge in [-0.25, -0.2) is 4.98 Å². The maximum atomic E-state index is 12.6. The summed E-state index contributed by atoms with van der Waals surface area (Å²) in [6, 6.07) is 0.207. The van der Waals surface area contributed by atoms with Gasteiger partial charge in [-0.2, -0.15) is 0 Å². The summed E-state index contributed by atoms with van der Waals surface area (Å²) in [6.07, 6.45) is 4.23. The highest BCUT2D eigenvalue weighted by molar-refractivity contribution is 7.18. The van der Waals surface area contributed by atoms with E-state index in [1.165, 1.54) is 10.4 Å². The second-order valence-electron chi connectivity index (χ2n) is 7.05. The van der Waals surface area contributed by atoms with Crippen LogP contribution >= 0.6 is 11.3 Å². The van der Waals surface area contributed by atoms with Gasteiger partial charge in [0.2, 0.25) is 0 Å². The van der Waals surface area contributed by atoms with E-state index >= 15 is 0 Å². The lowest BCUT2D eigenvalue weighted by atomic mass is 10.2. The molecule has 26 heavy (non-hydrogen) atoms. The molecule has 6 nitrogen and oxygen atoms in total. The third-order valence-corrected chi connectivity index (χ3v) is 5.88. The number of aromatic amines is 1. The molecule has 0 saturated carbocycles. The Morgan fingerprint density at radius 3 is 3.00 bits per heavy atom. The van der Waals surface area contributed by atoms with Crippen LogP contribution in [-0.2, 0) is 24.1 Å². The number of aromatic nitrogens is 2. The van der Waals surface area contributed by atoms with Crippen LogP contribution in [-0.4, -0.2) is 51.9 Å². The molecule has 2 aromatic heterocycles. The van der Waals surface area contributed by atoms with Crippen molar-refractivity contribution in [2.45, 2.75) is 51.8 Å². The molecule has 1 aliphatic rings. The standard InChI is InChI=1S/C19H27N3O3S/c1-4-8-25-11-13(23)9-22(12(2)3)10-16-20-18(24)17-14-6-5-7-15(14)26-19(17)21-16/h4,12-13,23H,1,5-11H2,2-3H3,(H,20,21,24)/t13-/m1/s1. The molecular weight excluding hydrogens is 350 g/mol.